The molecule has 0 atom stereocenters. The van der Waals surface area contributed by atoms with Crippen molar-refractivity contribution in [2.24, 2.45) is 0 Å². The second kappa shape index (κ2) is 5.80. The number of aliphatic hydroxyl groups excluding tert-OH is 2. The fraction of sp³-hybridized carbons (Fsp3) is 0.545. The maximum absolute atomic E-state index is 9.22. The first kappa shape index (κ1) is 12.1. The number of pyridine rings is 1. The summed E-state index contributed by atoms with van der Waals surface area (Å²) >= 11 is 0. The fourth-order valence-electron chi connectivity index (χ4n) is 1.30. The molecule has 1 rings (SSSR count). The number of aliphatic hydroxyl groups is 2. The molecule has 0 saturated heterocycles. The Balaban J connectivity index is 2.54. The van der Waals surface area contributed by atoms with Crippen LogP contribution in [-0.4, -0.2) is 33.9 Å². The van der Waals surface area contributed by atoms with Gasteiger partial charge in [-0.15, -0.1) is 0 Å². The van der Waals surface area contributed by atoms with Crippen molar-refractivity contribution in [3.8, 4) is 0 Å². The zero-order chi connectivity index (χ0) is 11.1. The van der Waals surface area contributed by atoms with Crippen LogP contribution in [0.1, 0.15) is 18.9 Å². The molecule has 1 heterocycles. The molecule has 0 unspecified atom stereocenters. The number of nitrogens with one attached hydrogen (secondary N) is 1. The summed E-state index contributed by atoms with van der Waals surface area (Å²) in [6.45, 7) is 2.39. The highest BCUT2D eigenvalue weighted by atomic mass is 16.3. The zero-order valence-corrected chi connectivity index (χ0v) is 8.98. The summed E-state index contributed by atoms with van der Waals surface area (Å²) in [5, 5.41) is 21.6. The van der Waals surface area contributed by atoms with Crippen molar-refractivity contribution in [2.45, 2.75) is 25.4 Å². The van der Waals surface area contributed by atoms with Gasteiger partial charge in [-0.3, -0.25) is 4.98 Å². The van der Waals surface area contributed by atoms with Gasteiger partial charge in [0.2, 0.25) is 0 Å². The van der Waals surface area contributed by atoms with E-state index in [0.717, 1.165) is 5.56 Å². The van der Waals surface area contributed by atoms with Crippen LogP contribution in [0.15, 0.2) is 24.5 Å². The van der Waals surface area contributed by atoms with E-state index in [2.05, 4.69) is 10.3 Å². The van der Waals surface area contributed by atoms with Crippen LogP contribution >= 0.6 is 0 Å². The average molecular weight is 210 g/mol. The second-order valence-corrected chi connectivity index (χ2v) is 3.66. The Bertz CT molecular complexity index is 265. The zero-order valence-electron chi connectivity index (χ0n) is 8.98. The molecular formula is C11H18N2O2. The first-order valence-corrected chi connectivity index (χ1v) is 5.12. The van der Waals surface area contributed by atoms with Crippen molar-refractivity contribution >= 4 is 0 Å². The number of hydrogen-bond donors (Lipinski definition) is 3. The molecule has 1 aromatic heterocycles. The smallest absolute Gasteiger partial charge is 0.0648 e. The van der Waals surface area contributed by atoms with Crippen LogP contribution in [0.25, 0.3) is 0 Å². The molecule has 0 saturated carbocycles. The number of hydrogen-bond acceptors (Lipinski definition) is 4. The predicted molar refractivity (Wildman–Crippen MR) is 58.3 cm³/mol. The summed E-state index contributed by atoms with van der Waals surface area (Å²) in [4.78, 5) is 4.00. The molecule has 0 aliphatic carbocycles. The summed E-state index contributed by atoms with van der Waals surface area (Å²) in [7, 11) is 0. The van der Waals surface area contributed by atoms with Gasteiger partial charge in [0.25, 0.3) is 0 Å². The van der Waals surface area contributed by atoms with Crippen molar-refractivity contribution in [1.29, 1.82) is 0 Å². The second-order valence-electron chi connectivity index (χ2n) is 3.66. The summed E-state index contributed by atoms with van der Waals surface area (Å²) < 4.78 is 0. The molecule has 0 aromatic carbocycles. The summed E-state index contributed by atoms with van der Waals surface area (Å²) in [6, 6.07) is 3.82. The maximum Gasteiger partial charge on any atom is 0.0648 e. The molecule has 4 heteroatoms. The molecule has 0 aliphatic rings. The van der Waals surface area contributed by atoms with E-state index >= 15 is 0 Å². The Labute approximate surface area is 90.0 Å². The Morgan fingerprint density at radius 2 is 2.13 bits per heavy atom. The molecule has 1 aromatic rings. The molecule has 0 radical (unpaired) electrons. The monoisotopic (exact) mass is 210 g/mol. The van der Waals surface area contributed by atoms with Gasteiger partial charge in [0, 0.05) is 18.9 Å². The standard InChI is InChI=1S/C11H18N2O2/c1-2-11(8-14,9-15)13-7-10-4-3-5-12-6-10/h3-6,13-15H,2,7-9H2,1H3. The van der Waals surface area contributed by atoms with Gasteiger partial charge >= 0.3 is 0 Å². The van der Waals surface area contributed by atoms with Gasteiger partial charge in [-0.05, 0) is 18.1 Å². The Morgan fingerprint density at radius 1 is 1.40 bits per heavy atom. The van der Waals surface area contributed by atoms with Crippen LogP contribution in [0.5, 0.6) is 0 Å². The van der Waals surface area contributed by atoms with E-state index in [1.54, 1.807) is 12.4 Å². The molecular weight excluding hydrogens is 192 g/mol. The lowest BCUT2D eigenvalue weighted by Crippen LogP contribution is -2.50. The molecule has 0 aliphatic heterocycles. The minimum absolute atomic E-state index is 0.0692. The highest BCUT2D eigenvalue weighted by molar-refractivity contribution is 5.08. The van der Waals surface area contributed by atoms with E-state index in [4.69, 9.17) is 0 Å². The highest BCUT2D eigenvalue weighted by Crippen LogP contribution is 2.09. The van der Waals surface area contributed by atoms with Crippen LogP contribution in [0.2, 0.25) is 0 Å². The molecule has 0 spiro atoms. The van der Waals surface area contributed by atoms with Gasteiger partial charge in [-0.2, -0.15) is 0 Å². The number of nitrogens with zero attached hydrogens (tertiary/aromatic N) is 1. The minimum atomic E-state index is -0.587. The lowest BCUT2D eigenvalue weighted by molar-refractivity contribution is 0.0864. The van der Waals surface area contributed by atoms with Crippen LogP contribution in [0.4, 0.5) is 0 Å². The van der Waals surface area contributed by atoms with Crippen molar-refractivity contribution in [1.82, 2.24) is 10.3 Å². The highest BCUT2D eigenvalue weighted by Gasteiger charge is 2.25. The van der Waals surface area contributed by atoms with E-state index in [1.807, 2.05) is 19.1 Å². The molecule has 4 nitrogen and oxygen atoms in total. The van der Waals surface area contributed by atoms with E-state index in [-0.39, 0.29) is 13.2 Å². The van der Waals surface area contributed by atoms with E-state index < -0.39 is 5.54 Å². The van der Waals surface area contributed by atoms with Crippen LogP contribution in [-0.2, 0) is 6.54 Å². The first-order chi connectivity index (χ1) is 7.26. The molecule has 84 valence electrons. The van der Waals surface area contributed by atoms with Crippen molar-refractivity contribution in [2.75, 3.05) is 13.2 Å². The van der Waals surface area contributed by atoms with E-state index in [9.17, 15) is 10.2 Å². The largest absolute Gasteiger partial charge is 0.394 e. The quantitative estimate of drug-likeness (QED) is 0.632. The third-order valence-corrected chi connectivity index (χ3v) is 2.67. The topological polar surface area (TPSA) is 65.4 Å². The third-order valence-electron chi connectivity index (χ3n) is 2.67. The van der Waals surface area contributed by atoms with E-state index in [0.29, 0.717) is 13.0 Å². The van der Waals surface area contributed by atoms with Crippen LogP contribution in [0, 0.1) is 0 Å². The minimum Gasteiger partial charge on any atom is -0.394 e. The SMILES string of the molecule is CCC(CO)(CO)NCc1cccnc1. The predicted octanol–water partition coefficient (Wildman–Crippen LogP) is 0.305. The lowest BCUT2D eigenvalue weighted by Gasteiger charge is -2.29. The Morgan fingerprint density at radius 3 is 2.60 bits per heavy atom. The van der Waals surface area contributed by atoms with Crippen molar-refractivity contribution < 1.29 is 10.2 Å². The fourth-order valence-corrected chi connectivity index (χ4v) is 1.30. The van der Waals surface area contributed by atoms with Crippen molar-refractivity contribution in [3.05, 3.63) is 30.1 Å². The number of rotatable bonds is 6. The maximum atomic E-state index is 9.22. The average Bonchev–Trinajstić information content (AvgIpc) is 2.33. The normalized spacial score (nSPS) is 11.7. The first-order valence-electron chi connectivity index (χ1n) is 5.12. The summed E-state index contributed by atoms with van der Waals surface area (Å²) in [6.07, 6.45) is 4.16. The number of aromatic nitrogens is 1. The third kappa shape index (κ3) is 3.27. The summed E-state index contributed by atoms with van der Waals surface area (Å²) in [5.41, 5.74) is 0.452. The van der Waals surface area contributed by atoms with Gasteiger partial charge in [-0.1, -0.05) is 13.0 Å². The molecule has 15 heavy (non-hydrogen) atoms. The lowest BCUT2D eigenvalue weighted by atomic mass is 9.98. The van der Waals surface area contributed by atoms with Gasteiger partial charge < -0.3 is 15.5 Å². The van der Waals surface area contributed by atoms with Gasteiger partial charge in [0.1, 0.15) is 0 Å². The molecule has 0 fully saturated rings. The molecule has 0 amide bonds. The van der Waals surface area contributed by atoms with E-state index in [1.165, 1.54) is 0 Å². The van der Waals surface area contributed by atoms with Crippen LogP contribution in [0.3, 0.4) is 0 Å². The van der Waals surface area contributed by atoms with Crippen LogP contribution < -0.4 is 5.32 Å². The molecule has 3 N–H and O–H groups in total. The van der Waals surface area contributed by atoms with Gasteiger partial charge in [0.05, 0.1) is 18.8 Å². The van der Waals surface area contributed by atoms with Gasteiger partial charge in [-0.25, -0.2) is 0 Å². The Kier molecular flexibility index (Phi) is 4.68. The summed E-state index contributed by atoms with van der Waals surface area (Å²) in [5.74, 6) is 0. The molecule has 0 bridgehead atoms. The Hall–Kier alpha value is -0.970. The van der Waals surface area contributed by atoms with Crippen molar-refractivity contribution in [3.63, 3.8) is 0 Å². The van der Waals surface area contributed by atoms with Gasteiger partial charge in [0.15, 0.2) is 0 Å².